The lowest BCUT2D eigenvalue weighted by atomic mass is 10.0. The summed E-state index contributed by atoms with van der Waals surface area (Å²) in [5.41, 5.74) is 4.97. The molecule has 0 bridgehead atoms. The number of aromatic nitrogens is 2. The van der Waals surface area contributed by atoms with Crippen molar-refractivity contribution in [3.63, 3.8) is 0 Å². The minimum Gasteiger partial charge on any atom is -0.447 e. The molecule has 0 aliphatic carbocycles. The smallest absolute Gasteiger partial charge is 0.273 e. The number of rotatable bonds is 10. The largest absolute Gasteiger partial charge is 0.447 e. The van der Waals surface area contributed by atoms with E-state index in [1.807, 2.05) is 30.3 Å². The molecule has 2 aromatic heterocycles. The Morgan fingerprint density at radius 1 is 0.912 bits per heavy atom. The Hall–Kier alpha value is -3.77. The number of benzene rings is 2. The van der Waals surface area contributed by atoms with Gasteiger partial charge in [0, 0.05) is 32.0 Å². The lowest BCUT2D eigenvalue weighted by Crippen LogP contribution is -2.24. The van der Waals surface area contributed by atoms with Gasteiger partial charge in [0.05, 0.1) is 6.54 Å². The second-order valence-electron chi connectivity index (χ2n) is 8.70. The van der Waals surface area contributed by atoms with E-state index < -0.39 is 0 Å². The third kappa shape index (κ3) is 6.62. The van der Waals surface area contributed by atoms with E-state index in [0.29, 0.717) is 24.9 Å². The van der Waals surface area contributed by atoms with Gasteiger partial charge in [-0.1, -0.05) is 74.5 Å². The van der Waals surface area contributed by atoms with Gasteiger partial charge in [-0.15, -0.1) is 0 Å². The van der Waals surface area contributed by atoms with Gasteiger partial charge in [-0.05, 0) is 34.2 Å². The van der Waals surface area contributed by atoms with Gasteiger partial charge in [0.1, 0.15) is 6.26 Å². The van der Waals surface area contributed by atoms with Crippen LogP contribution >= 0.6 is 0 Å². The lowest BCUT2D eigenvalue weighted by Gasteiger charge is -2.21. The monoisotopic (exact) mass is 454 g/mol. The molecule has 0 saturated carbocycles. The minimum atomic E-state index is -0.266. The van der Waals surface area contributed by atoms with E-state index in [0.717, 1.165) is 18.7 Å². The highest BCUT2D eigenvalue weighted by Gasteiger charge is 2.16. The number of oxazole rings is 1. The second-order valence-corrected chi connectivity index (χ2v) is 8.70. The van der Waals surface area contributed by atoms with Crippen LogP contribution in [-0.2, 0) is 26.2 Å². The van der Waals surface area contributed by atoms with E-state index >= 15 is 0 Å². The first-order valence-electron chi connectivity index (χ1n) is 11.5. The van der Waals surface area contributed by atoms with Crippen LogP contribution in [0.3, 0.4) is 0 Å². The molecule has 1 N–H and O–H groups in total. The van der Waals surface area contributed by atoms with Crippen molar-refractivity contribution < 1.29 is 9.21 Å². The predicted octanol–water partition coefficient (Wildman–Crippen LogP) is 5.33. The third-order valence-corrected chi connectivity index (χ3v) is 5.62. The van der Waals surface area contributed by atoms with Crippen molar-refractivity contribution in [3.8, 4) is 0 Å². The van der Waals surface area contributed by atoms with Gasteiger partial charge in [0.25, 0.3) is 5.91 Å². The maximum atomic E-state index is 12.5. The molecular formula is C28H30N4O2. The molecule has 0 aliphatic heterocycles. The van der Waals surface area contributed by atoms with E-state index in [4.69, 9.17) is 4.42 Å². The first-order chi connectivity index (χ1) is 16.6. The summed E-state index contributed by atoms with van der Waals surface area (Å²) >= 11 is 0. The summed E-state index contributed by atoms with van der Waals surface area (Å²) in [5.74, 6) is 0.753. The average molecular weight is 455 g/mol. The van der Waals surface area contributed by atoms with Crippen LogP contribution in [0.5, 0.6) is 0 Å². The zero-order valence-corrected chi connectivity index (χ0v) is 19.6. The Labute approximate surface area is 200 Å². The number of nitrogens with zero attached hydrogens (tertiary/aromatic N) is 3. The maximum Gasteiger partial charge on any atom is 0.273 e. The van der Waals surface area contributed by atoms with E-state index in [1.54, 1.807) is 12.4 Å². The van der Waals surface area contributed by atoms with E-state index in [1.165, 1.54) is 23.0 Å². The average Bonchev–Trinajstić information content (AvgIpc) is 3.33. The highest BCUT2D eigenvalue weighted by Crippen LogP contribution is 2.18. The van der Waals surface area contributed by atoms with Gasteiger partial charge in [-0.25, -0.2) is 4.98 Å². The van der Waals surface area contributed by atoms with Crippen LogP contribution in [0.4, 0.5) is 0 Å². The summed E-state index contributed by atoms with van der Waals surface area (Å²) in [6, 6.07) is 22.8. The van der Waals surface area contributed by atoms with Gasteiger partial charge in [0.2, 0.25) is 5.89 Å². The van der Waals surface area contributed by atoms with Crippen molar-refractivity contribution in [3.05, 3.63) is 119 Å². The van der Waals surface area contributed by atoms with Crippen LogP contribution in [0, 0.1) is 0 Å². The fraction of sp³-hybridized carbons (Fsp3) is 0.250. The molecule has 1 amide bonds. The zero-order valence-electron chi connectivity index (χ0n) is 19.6. The number of carbonyl (C=O) groups excluding carboxylic acids is 1. The first-order valence-corrected chi connectivity index (χ1v) is 11.5. The normalized spacial score (nSPS) is 11.2. The first kappa shape index (κ1) is 23.4. The summed E-state index contributed by atoms with van der Waals surface area (Å²) < 4.78 is 5.67. The number of hydrogen-bond donors (Lipinski definition) is 1. The molecule has 0 spiro atoms. The summed E-state index contributed by atoms with van der Waals surface area (Å²) in [5, 5.41) is 2.86. The molecule has 4 rings (SSSR count). The Morgan fingerprint density at radius 2 is 1.62 bits per heavy atom. The summed E-state index contributed by atoms with van der Waals surface area (Å²) in [6.45, 7) is 6.78. The van der Waals surface area contributed by atoms with Crippen molar-refractivity contribution in [2.75, 3.05) is 0 Å². The molecule has 4 aromatic rings. The van der Waals surface area contributed by atoms with Crippen molar-refractivity contribution in [1.29, 1.82) is 0 Å². The molecule has 34 heavy (non-hydrogen) atoms. The summed E-state index contributed by atoms with van der Waals surface area (Å²) in [7, 11) is 0. The number of carbonyl (C=O) groups is 1. The molecule has 2 aromatic carbocycles. The van der Waals surface area contributed by atoms with Crippen LogP contribution in [0.2, 0.25) is 0 Å². The van der Waals surface area contributed by atoms with Crippen molar-refractivity contribution >= 4 is 5.91 Å². The predicted molar refractivity (Wildman–Crippen MR) is 132 cm³/mol. The molecule has 0 unspecified atom stereocenters. The highest BCUT2D eigenvalue weighted by molar-refractivity contribution is 5.91. The highest BCUT2D eigenvalue weighted by atomic mass is 16.3. The molecular weight excluding hydrogens is 424 g/mol. The molecule has 0 fully saturated rings. The lowest BCUT2D eigenvalue weighted by molar-refractivity contribution is 0.0945. The molecule has 174 valence electrons. The Kier molecular flexibility index (Phi) is 7.83. The van der Waals surface area contributed by atoms with Crippen LogP contribution in [0.25, 0.3) is 0 Å². The van der Waals surface area contributed by atoms with Crippen LogP contribution in [-0.4, -0.2) is 20.8 Å². The molecule has 0 saturated heterocycles. The van der Waals surface area contributed by atoms with Crippen molar-refractivity contribution in [1.82, 2.24) is 20.2 Å². The maximum absolute atomic E-state index is 12.5. The SMILES string of the molecule is CC(C)c1ccc(CN(Cc2ccccc2)Cc2nc(C(=O)NCc3cccnc3)co2)cc1. The van der Waals surface area contributed by atoms with Crippen LogP contribution in [0.15, 0.2) is 89.8 Å². The minimum absolute atomic E-state index is 0.266. The van der Waals surface area contributed by atoms with E-state index in [-0.39, 0.29) is 11.6 Å². The molecule has 6 nitrogen and oxygen atoms in total. The van der Waals surface area contributed by atoms with Gasteiger partial charge < -0.3 is 9.73 Å². The Morgan fingerprint density at radius 3 is 2.29 bits per heavy atom. The summed E-state index contributed by atoms with van der Waals surface area (Å²) in [6.07, 6.45) is 4.85. The Balaban J connectivity index is 1.43. The fourth-order valence-corrected chi connectivity index (χ4v) is 3.73. The van der Waals surface area contributed by atoms with E-state index in [2.05, 4.69) is 70.4 Å². The number of nitrogens with one attached hydrogen (secondary N) is 1. The molecule has 0 radical (unpaired) electrons. The number of amides is 1. The van der Waals surface area contributed by atoms with Gasteiger partial charge in [0.15, 0.2) is 5.69 Å². The van der Waals surface area contributed by atoms with Crippen molar-refractivity contribution in [2.24, 2.45) is 0 Å². The van der Waals surface area contributed by atoms with Gasteiger partial charge >= 0.3 is 0 Å². The standard InChI is InChI=1S/C28H30N4O2/c1-21(2)25-12-10-23(11-13-25)18-32(17-22-7-4-3-5-8-22)19-27-31-26(20-34-27)28(33)30-16-24-9-6-14-29-15-24/h3-15,20-21H,16-19H2,1-2H3,(H,30,33). The summed E-state index contributed by atoms with van der Waals surface area (Å²) in [4.78, 5) is 23.3. The van der Waals surface area contributed by atoms with E-state index in [9.17, 15) is 4.79 Å². The second kappa shape index (κ2) is 11.4. The Bertz CT molecular complexity index is 1170. The fourth-order valence-electron chi connectivity index (χ4n) is 3.73. The van der Waals surface area contributed by atoms with Gasteiger partial charge in [-0.2, -0.15) is 0 Å². The number of hydrogen-bond acceptors (Lipinski definition) is 5. The molecule has 6 heteroatoms. The number of pyridine rings is 1. The third-order valence-electron chi connectivity index (χ3n) is 5.62. The quantitative estimate of drug-likeness (QED) is 0.351. The van der Waals surface area contributed by atoms with Gasteiger partial charge in [-0.3, -0.25) is 14.7 Å². The topological polar surface area (TPSA) is 71.3 Å². The molecule has 0 atom stereocenters. The van der Waals surface area contributed by atoms with Crippen LogP contribution in [0.1, 0.15) is 58.4 Å². The molecule has 2 heterocycles. The van der Waals surface area contributed by atoms with Crippen LogP contribution < -0.4 is 5.32 Å². The van der Waals surface area contributed by atoms with Crippen molar-refractivity contribution in [2.45, 2.75) is 45.9 Å². The molecule has 0 aliphatic rings. The zero-order chi connectivity index (χ0) is 23.8.